The number of rotatable bonds is 4. The van der Waals surface area contributed by atoms with Crippen molar-refractivity contribution in [3.8, 4) is 0 Å². The van der Waals surface area contributed by atoms with Gasteiger partial charge in [-0.25, -0.2) is 17.6 Å². The van der Waals surface area contributed by atoms with Crippen molar-refractivity contribution in [1.82, 2.24) is 4.90 Å². The molecule has 0 radical (unpaired) electrons. The minimum absolute atomic E-state index is 0.0452. The average molecular weight is 391 g/mol. The average Bonchev–Trinajstić information content (AvgIpc) is 2.98. The van der Waals surface area contributed by atoms with Gasteiger partial charge in [-0.2, -0.15) is 0 Å². The van der Waals surface area contributed by atoms with Crippen molar-refractivity contribution in [1.29, 1.82) is 0 Å². The highest BCUT2D eigenvalue weighted by Gasteiger charge is 2.29. The van der Waals surface area contributed by atoms with E-state index in [1.54, 1.807) is 7.05 Å². The fourth-order valence-corrected chi connectivity index (χ4v) is 4.58. The van der Waals surface area contributed by atoms with Gasteiger partial charge in [0.25, 0.3) is 0 Å². The van der Waals surface area contributed by atoms with E-state index >= 15 is 0 Å². The first-order chi connectivity index (χ1) is 12.8. The van der Waals surface area contributed by atoms with Gasteiger partial charge in [0.2, 0.25) is 10.0 Å². The predicted octanol–water partition coefficient (Wildman–Crippen LogP) is 3.34. The number of hydrogen-bond donors (Lipinski definition) is 1. The summed E-state index contributed by atoms with van der Waals surface area (Å²) in [7, 11) is -1.75. The van der Waals surface area contributed by atoms with E-state index in [1.165, 1.54) is 27.4 Å². The molecule has 1 saturated heterocycles. The number of amides is 2. The largest absolute Gasteiger partial charge is 0.323 e. The summed E-state index contributed by atoms with van der Waals surface area (Å²) in [6.07, 6.45) is 0.528. The number of nitrogens with one attached hydrogen (secondary N) is 1. The predicted molar refractivity (Wildman–Crippen MR) is 104 cm³/mol. The standard InChI is InChI=1S/C19H22FN3O3S/c1-14-6-3-4-7-15(14)13-22(2)19(24)21-18-12-16(8-9-17(18)20)23-10-5-11-27(23,25)26/h3-4,6-9,12H,5,10-11,13H2,1-2H3,(H,21,24). The molecule has 0 atom stereocenters. The second-order valence-electron chi connectivity index (χ2n) is 6.62. The molecule has 1 fully saturated rings. The maximum Gasteiger partial charge on any atom is 0.321 e. The van der Waals surface area contributed by atoms with E-state index in [4.69, 9.17) is 0 Å². The van der Waals surface area contributed by atoms with Crippen molar-refractivity contribution in [2.24, 2.45) is 0 Å². The van der Waals surface area contributed by atoms with Crippen LogP contribution in [-0.4, -0.2) is 38.7 Å². The molecule has 8 heteroatoms. The van der Waals surface area contributed by atoms with Crippen LogP contribution in [0.2, 0.25) is 0 Å². The maximum atomic E-state index is 14.2. The molecule has 27 heavy (non-hydrogen) atoms. The molecular weight excluding hydrogens is 369 g/mol. The minimum Gasteiger partial charge on any atom is -0.323 e. The van der Waals surface area contributed by atoms with E-state index in [2.05, 4.69) is 5.32 Å². The lowest BCUT2D eigenvalue weighted by molar-refractivity contribution is 0.220. The van der Waals surface area contributed by atoms with Crippen LogP contribution >= 0.6 is 0 Å². The number of nitrogens with zero attached hydrogens (tertiary/aromatic N) is 2. The Balaban J connectivity index is 1.75. The molecule has 0 aliphatic carbocycles. The van der Waals surface area contributed by atoms with Crippen LogP contribution < -0.4 is 9.62 Å². The first-order valence-electron chi connectivity index (χ1n) is 8.64. The van der Waals surface area contributed by atoms with Crippen LogP contribution in [0.1, 0.15) is 17.5 Å². The highest BCUT2D eigenvalue weighted by atomic mass is 32.2. The molecule has 2 aromatic rings. The molecule has 3 rings (SSSR count). The fourth-order valence-electron chi connectivity index (χ4n) is 3.02. The number of halogens is 1. The molecular formula is C19H22FN3O3S. The molecule has 0 unspecified atom stereocenters. The zero-order valence-corrected chi connectivity index (χ0v) is 16.1. The van der Waals surface area contributed by atoms with E-state index in [0.29, 0.717) is 25.2 Å². The summed E-state index contributed by atoms with van der Waals surface area (Å²) in [6.45, 7) is 2.69. The van der Waals surface area contributed by atoms with Gasteiger partial charge < -0.3 is 10.2 Å². The zero-order chi connectivity index (χ0) is 19.6. The van der Waals surface area contributed by atoms with Crippen LogP contribution in [0.25, 0.3) is 0 Å². The summed E-state index contributed by atoms with van der Waals surface area (Å²) >= 11 is 0. The molecule has 1 aliphatic rings. The Morgan fingerprint density at radius 2 is 2.00 bits per heavy atom. The molecule has 6 nitrogen and oxygen atoms in total. The highest BCUT2D eigenvalue weighted by molar-refractivity contribution is 7.93. The van der Waals surface area contributed by atoms with Crippen molar-refractivity contribution in [2.45, 2.75) is 19.9 Å². The number of aryl methyl sites for hydroxylation is 1. The van der Waals surface area contributed by atoms with Gasteiger partial charge in [-0.1, -0.05) is 24.3 Å². The molecule has 0 spiro atoms. The summed E-state index contributed by atoms with van der Waals surface area (Å²) in [5.74, 6) is -0.543. The van der Waals surface area contributed by atoms with Gasteiger partial charge in [0.05, 0.1) is 17.1 Å². The lowest BCUT2D eigenvalue weighted by Crippen LogP contribution is -2.31. The molecule has 1 aliphatic heterocycles. The van der Waals surface area contributed by atoms with E-state index < -0.39 is 21.9 Å². The number of carbonyl (C=O) groups is 1. The molecule has 1 heterocycles. The fraction of sp³-hybridized carbons (Fsp3) is 0.316. The maximum absolute atomic E-state index is 14.2. The molecule has 0 aromatic heterocycles. The third-order valence-electron chi connectivity index (χ3n) is 4.59. The summed E-state index contributed by atoms with van der Waals surface area (Å²) < 4.78 is 39.5. The van der Waals surface area contributed by atoms with Crippen LogP contribution in [0, 0.1) is 12.7 Å². The van der Waals surface area contributed by atoms with E-state index in [1.807, 2.05) is 31.2 Å². The normalized spacial score (nSPS) is 15.6. The Hall–Kier alpha value is -2.61. The number of hydrogen-bond acceptors (Lipinski definition) is 3. The van der Waals surface area contributed by atoms with Crippen molar-refractivity contribution in [3.05, 3.63) is 59.4 Å². The minimum atomic E-state index is -3.37. The third kappa shape index (κ3) is 4.21. The molecule has 2 aromatic carbocycles. The van der Waals surface area contributed by atoms with Gasteiger partial charge in [-0.3, -0.25) is 4.31 Å². The van der Waals surface area contributed by atoms with Crippen LogP contribution in [0.3, 0.4) is 0 Å². The van der Waals surface area contributed by atoms with Gasteiger partial charge in [-0.05, 0) is 42.7 Å². The molecule has 0 saturated carbocycles. The molecule has 0 bridgehead atoms. The Bertz CT molecular complexity index is 962. The smallest absolute Gasteiger partial charge is 0.321 e. The summed E-state index contributed by atoms with van der Waals surface area (Å²) in [5.41, 5.74) is 2.36. The molecule has 1 N–H and O–H groups in total. The van der Waals surface area contributed by atoms with Crippen LogP contribution in [0.5, 0.6) is 0 Å². The highest BCUT2D eigenvalue weighted by Crippen LogP contribution is 2.28. The van der Waals surface area contributed by atoms with Crippen LogP contribution in [0.15, 0.2) is 42.5 Å². The van der Waals surface area contributed by atoms with Gasteiger partial charge in [0.15, 0.2) is 0 Å². The lowest BCUT2D eigenvalue weighted by atomic mass is 10.1. The topological polar surface area (TPSA) is 69.7 Å². The van der Waals surface area contributed by atoms with Gasteiger partial charge in [-0.15, -0.1) is 0 Å². The van der Waals surface area contributed by atoms with E-state index in [9.17, 15) is 17.6 Å². The van der Waals surface area contributed by atoms with Crippen molar-refractivity contribution in [3.63, 3.8) is 0 Å². The Morgan fingerprint density at radius 3 is 2.67 bits per heavy atom. The number of carbonyl (C=O) groups excluding carboxylic acids is 1. The van der Waals surface area contributed by atoms with Gasteiger partial charge in [0.1, 0.15) is 5.82 Å². The zero-order valence-electron chi connectivity index (χ0n) is 15.3. The molecule has 2 amide bonds. The Morgan fingerprint density at radius 1 is 1.26 bits per heavy atom. The Kier molecular flexibility index (Phi) is 5.36. The number of urea groups is 1. The number of sulfonamides is 1. The first-order valence-corrected chi connectivity index (χ1v) is 10.3. The van der Waals surface area contributed by atoms with Crippen LogP contribution in [0.4, 0.5) is 20.6 Å². The third-order valence-corrected chi connectivity index (χ3v) is 6.46. The number of benzene rings is 2. The second kappa shape index (κ2) is 7.56. The summed E-state index contributed by atoms with van der Waals surface area (Å²) in [5, 5.41) is 2.53. The van der Waals surface area contributed by atoms with E-state index in [-0.39, 0.29) is 11.4 Å². The van der Waals surface area contributed by atoms with E-state index in [0.717, 1.165) is 11.1 Å². The van der Waals surface area contributed by atoms with Crippen LogP contribution in [-0.2, 0) is 16.6 Å². The second-order valence-corrected chi connectivity index (χ2v) is 8.63. The Labute approximate surface area is 158 Å². The van der Waals surface area contributed by atoms with Crippen molar-refractivity contribution < 1.29 is 17.6 Å². The molecule has 144 valence electrons. The van der Waals surface area contributed by atoms with Gasteiger partial charge >= 0.3 is 6.03 Å². The van der Waals surface area contributed by atoms with Crippen molar-refractivity contribution in [2.75, 3.05) is 29.0 Å². The SMILES string of the molecule is Cc1ccccc1CN(C)C(=O)Nc1cc(N2CCCS2(=O)=O)ccc1F. The first kappa shape index (κ1) is 19.2. The monoisotopic (exact) mass is 391 g/mol. The summed E-state index contributed by atoms with van der Waals surface area (Å²) in [6, 6.07) is 11.2. The number of anilines is 2. The lowest BCUT2D eigenvalue weighted by Gasteiger charge is -2.21. The van der Waals surface area contributed by atoms with Gasteiger partial charge in [0, 0.05) is 20.1 Å². The summed E-state index contributed by atoms with van der Waals surface area (Å²) in [4.78, 5) is 13.9. The quantitative estimate of drug-likeness (QED) is 0.869. The van der Waals surface area contributed by atoms with Crippen molar-refractivity contribution >= 4 is 27.4 Å².